The molecule has 0 amide bonds. The van der Waals surface area contributed by atoms with Crippen molar-refractivity contribution < 1.29 is 42.1 Å². The minimum absolute atomic E-state index is 0.0376. The number of unbranched alkanes of at least 4 members (excludes halogenated alkanes) is 56. The molecule has 0 spiro atoms. The summed E-state index contributed by atoms with van der Waals surface area (Å²) in [5, 5.41) is 0. The van der Waals surface area contributed by atoms with Crippen LogP contribution in [0.1, 0.15) is 399 Å². The molecule has 2 atom stereocenters. The highest BCUT2D eigenvalue weighted by atomic mass is 31.2. The first-order valence-electron chi connectivity index (χ1n) is 36.8. The number of phosphoric acid groups is 1. The topological polar surface area (TPSA) is 108 Å². The molecule has 0 heterocycles. The van der Waals surface area contributed by atoms with Crippen LogP contribution in [0.5, 0.6) is 0 Å². The molecule has 0 fully saturated rings. The second-order valence-electron chi connectivity index (χ2n) is 26.7. The Kier molecular flexibility index (Phi) is 63.7. The molecule has 0 radical (unpaired) electrons. The number of rotatable bonds is 70. The fourth-order valence-electron chi connectivity index (χ4n) is 11.5. The molecular weight excluding hydrogens is 1040 g/mol. The van der Waals surface area contributed by atoms with Gasteiger partial charge in [-0.3, -0.25) is 18.6 Å². The first-order chi connectivity index (χ1) is 40.0. The van der Waals surface area contributed by atoms with Crippen molar-refractivity contribution in [2.75, 3.05) is 47.5 Å². The Hall–Kier alpha value is -0.990. The Labute approximate surface area is 512 Å². The van der Waals surface area contributed by atoms with E-state index >= 15 is 0 Å². The third kappa shape index (κ3) is 68.1. The predicted molar refractivity (Wildman–Crippen MR) is 354 cm³/mol. The molecule has 0 rings (SSSR count). The smallest absolute Gasteiger partial charge is 0.462 e. The van der Waals surface area contributed by atoms with Gasteiger partial charge in [0.1, 0.15) is 19.8 Å². The number of hydrogen-bond donors (Lipinski definition) is 1. The van der Waals surface area contributed by atoms with E-state index in [1.165, 1.54) is 334 Å². The maximum atomic E-state index is 12.9. The second-order valence-corrected chi connectivity index (χ2v) is 28.2. The van der Waals surface area contributed by atoms with Gasteiger partial charge in [0.2, 0.25) is 0 Å². The molecule has 0 aliphatic carbocycles. The highest BCUT2D eigenvalue weighted by Crippen LogP contribution is 2.43. The van der Waals surface area contributed by atoms with E-state index < -0.39 is 26.5 Å². The van der Waals surface area contributed by atoms with Crippen molar-refractivity contribution in [2.24, 2.45) is 0 Å². The summed E-state index contributed by atoms with van der Waals surface area (Å²) >= 11 is 0. The van der Waals surface area contributed by atoms with E-state index in [0.29, 0.717) is 17.4 Å². The fourth-order valence-corrected chi connectivity index (χ4v) is 12.2. The number of carbonyl (C=O) groups is 2. The lowest BCUT2D eigenvalue weighted by Gasteiger charge is -2.24. The number of nitrogens with zero attached hydrogens (tertiary/aromatic N) is 1. The van der Waals surface area contributed by atoms with Gasteiger partial charge in [0, 0.05) is 12.8 Å². The molecular formula is C72H145NO8P+. The summed E-state index contributed by atoms with van der Waals surface area (Å²) in [6.45, 7) is 4.52. The minimum atomic E-state index is -4.38. The van der Waals surface area contributed by atoms with Crippen LogP contribution in [-0.4, -0.2) is 74.9 Å². The highest BCUT2D eigenvalue weighted by Gasteiger charge is 2.27. The van der Waals surface area contributed by atoms with E-state index in [2.05, 4.69) is 13.8 Å². The molecule has 0 bridgehead atoms. The first-order valence-corrected chi connectivity index (χ1v) is 38.3. The molecule has 0 aromatic carbocycles. The van der Waals surface area contributed by atoms with Gasteiger partial charge in [-0.05, 0) is 12.8 Å². The molecule has 1 N–H and O–H groups in total. The summed E-state index contributed by atoms with van der Waals surface area (Å²) in [7, 11) is 1.51. The number of esters is 2. The van der Waals surface area contributed by atoms with E-state index in [1.54, 1.807) is 0 Å². The monoisotopic (exact) mass is 1180 g/mol. The Morgan fingerprint density at radius 2 is 0.549 bits per heavy atom. The Balaban J connectivity index is 3.81. The zero-order chi connectivity index (χ0) is 59.8. The number of quaternary nitrogens is 1. The fraction of sp³-hybridized carbons (Fsp3) is 0.972. The van der Waals surface area contributed by atoms with Crippen molar-refractivity contribution in [2.45, 2.75) is 405 Å². The minimum Gasteiger partial charge on any atom is -0.462 e. The SMILES string of the molecule is CCCCCCCCCCCCCCCCCCCCCCCCCCCCCCCCCCCCCCCCCCCC(=O)OC(COC(=O)CCCCCCCCCCCCCCCCCCC)COP(=O)(O)OCC[N+](C)(C)C. The van der Waals surface area contributed by atoms with Crippen molar-refractivity contribution >= 4 is 19.8 Å². The Bertz CT molecular complexity index is 1340. The third-order valence-corrected chi connectivity index (χ3v) is 18.1. The van der Waals surface area contributed by atoms with E-state index in [0.717, 1.165) is 38.5 Å². The van der Waals surface area contributed by atoms with Crippen molar-refractivity contribution in [3.63, 3.8) is 0 Å². The van der Waals surface area contributed by atoms with E-state index in [1.807, 2.05) is 21.1 Å². The first kappa shape index (κ1) is 81.0. The van der Waals surface area contributed by atoms with Gasteiger partial charge in [-0.1, -0.05) is 373 Å². The molecule has 0 aliphatic rings. The number of hydrogen-bond acceptors (Lipinski definition) is 7. The average molecular weight is 1180 g/mol. The number of carbonyl (C=O) groups excluding carboxylic acids is 2. The molecule has 82 heavy (non-hydrogen) atoms. The quantitative estimate of drug-likeness (QED) is 0.0278. The van der Waals surface area contributed by atoms with Crippen LogP contribution in [0.2, 0.25) is 0 Å². The molecule has 2 unspecified atom stereocenters. The lowest BCUT2D eigenvalue weighted by Crippen LogP contribution is -2.37. The summed E-state index contributed by atoms with van der Waals surface area (Å²) in [4.78, 5) is 35.8. The summed E-state index contributed by atoms with van der Waals surface area (Å²) < 4.78 is 34.7. The van der Waals surface area contributed by atoms with Crippen molar-refractivity contribution in [3.05, 3.63) is 0 Å². The number of likely N-dealkylation sites (N-methyl/N-ethyl adjacent to an activating group) is 1. The van der Waals surface area contributed by atoms with Crippen LogP contribution in [0.25, 0.3) is 0 Å². The summed E-state index contributed by atoms with van der Waals surface area (Å²) in [6.07, 6.45) is 78.2. The van der Waals surface area contributed by atoms with Gasteiger partial charge in [0.25, 0.3) is 0 Å². The summed E-state index contributed by atoms with van der Waals surface area (Å²) in [5.41, 5.74) is 0. The van der Waals surface area contributed by atoms with Crippen molar-refractivity contribution in [1.29, 1.82) is 0 Å². The Morgan fingerprint density at radius 1 is 0.329 bits per heavy atom. The van der Waals surface area contributed by atoms with Crippen LogP contribution in [0, 0.1) is 0 Å². The van der Waals surface area contributed by atoms with Gasteiger partial charge < -0.3 is 18.9 Å². The largest absolute Gasteiger partial charge is 0.472 e. The molecule has 0 saturated carbocycles. The zero-order valence-electron chi connectivity index (χ0n) is 56.0. The maximum absolute atomic E-state index is 12.9. The zero-order valence-corrected chi connectivity index (χ0v) is 56.9. The average Bonchev–Trinajstić information content (AvgIpc) is 3.45. The van der Waals surface area contributed by atoms with E-state index in [9.17, 15) is 19.0 Å². The van der Waals surface area contributed by atoms with Crippen LogP contribution in [0.4, 0.5) is 0 Å². The predicted octanol–water partition coefficient (Wildman–Crippen LogP) is 23.7. The van der Waals surface area contributed by atoms with Crippen LogP contribution in [0.3, 0.4) is 0 Å². The maximum Gasteiger partial charge on any atom is 0.472 e. The summed E-state index contributed by atoms with van der Waals surface area (Å²) in [5.74, 6) is -0.770. The number of ether oxygens (including phenoxy) is 2. The molecule has 9 nitrogen and oxygen atoms in total. The van der Waals surface area contributed by atoms with Crippen LogP contribution in [0.15, 0.2) is 0 Å². The standard InChI is InChI=1S/C72H144NO8P/c1-6-8-10-12-14-16-18-20-22-24-25-26-27-28-29-30-31-32-33-34-35-36-37-38-39-40-41-42-43-44-45-46-47-49-51-53-55-57-59-61-63-65-72(75)81-70(69-80-82(76,77)79-67-66-73(3,4)5)68-78-71(74)64-62-60-58-56-54-52-50-48-23-21-19-17-15-13-11-9-7-2/h70H,6-69H2,1-5H3/p+1. The van der Waals surface area contributed by atoms with Crippen LogP contribution in [-0.2, 0) is 32.7 Å². The lowest BCUT2D eigenvalue weighted by atomic mass is 10.0. The molecule has 490 valence electrons. The van der Waals surface area contributed by atoms with E-state index in [4.69, 9.17) is 18.5 Å². The van der Waals surface area contributed by atoms with E-state index in [-0.39, 0.29) is 25.6 Å². The van der Waals surface area contributed by atoms with Gasteiger partial charge in [0.15, 0.2) is 6.10 Å². The molecule has 0 aromatic heterocycles. The highest BCUT2D eigenvalue weighted by molar-refractivity contribution is 7.47. The van der Waals surface area contributed by atoms with Gasteiger partial charge in [0.05, 0.1) is 27.7 Å². The van der Waals surface area contributed by atoms with Crippen LogP contribution >= 0.6 is 7.82 Å². The van der Waals surface area contributed by atoms with Gasteiger partial charge in [-0.25, -0.2) is 4.57 Å². The van der Waals surface area contributed by atoms with Crippen molar-refractivity contribution in [3.8, 4) is 0 Å². The molecule has 0 aromatic rings. The number of phosphoric ester groups is 1. The van der Waals surface area contributed by atoms with Crippen molar-refractivity contribution in [1.82, 2.24) is 0 Å². The van der Waals surface area contributed by atoms with Crippen LogP contribution < -0.4 is 0 Å². The van der Waals surface area contributed by atoms with Gasteiger partial charge in [-0.15, -0.1) is 0 Å². The normalized spacial score (nSPS) is 13.0. The van der Waals surface area contributed by atoms with Gasteiger partial charge >= 0.3 is 19.8 Å². The lowest BCUT2D eigenvalue weighted by molar-refractivity contribution is -0.870. The summed E-state index contributed by atoms with van der Waals surface area (Å²) in [6, 6.07) is 0. The third-order valence-electron chi connectivity index (χ3n) is 17.1. The molecule has 0 aliphatic heterocycles. The Morgan fingerprint density at radius 3 is 0.780 bits per heavy atom. The molecule has 0 saturated heterocycles. The molecule has 10 heteroatoms. The van der Waals surface area contributed by atoms with Gasteiger partial charge in [-0.2, -0.15) is 0 Å². The second kappa shape index (κ2) is 64.5.